The van der Waals surface area contributed by atoms with Crippen molar-refractivity contribution < 1.29 is 26.7 Å². The van der Waals surface area contributed by atoms with Crippen molar-refractivity contribution >= 4 is 26.0 Å². The summed E-state index contributed by atoms with van der Waals surface area (Å²) in [6, 6.07) is 2.56. The van der Waals surface area contributed by atoms with Crippen LogP contribution in [0.2, 0.25) is 0 Å². The smallest absolute Gasteiger partial charge is 0.322 e. The van der Waals surface area contributed by atoms with Gasteiger partial charge in [-0.3, -0.25) is 4.79 Å². The fourth-order valence-electron chi connectivity index (χ4n) is 2.60. The number of carbonyl (C=O) groups is 1. The Morgan fingerprint density at radius 1 is 1.30 bits per heavy atom. The highest BCUT2D eigenvalue weighted by Gasteiger charge is 2.39. The second kappa shape index (κ2) is 6.19. The minimum Gasteiger partial charge on any atom is -0.480 e. The lowest BCUT2D eigenvalue weighted by molar-refractivity contribution is -0.140. The molecule has 23 heavy (non-hydrogen) atoms. The maximum Gasteiger partial charge on any atom is 0.322 e. The average Bonchev–Trinajstić information content (AvgIpc) is 2.97. The van der Waals surface area contributed by atoms with Crippen LogP contribution in [0.25, 0.3) is 0 Å². The maximum atomic E-state index is 12.6. The first-order chi connectivity index (χ1) is 10.6. The summed E-state index contributed by atoms with van der Waals surface area (Å²) in [5.74, 6) is -1.18. The van der Waals surface area contributed by atoms with E-state index < -0.39 is 32.1 Å². The number of nitrogens with zero attached hydrogens (tertiary/aromatic N) is 1. The van der Waals surface area contributed by atoms with Gasteiger partial charge in [0.2, 0.25) is 20.0 Å². The molecule has 0 unspecified atom stereocenters. The van der Waals surface area contributed by atoms with Crippen LogP contribution >= 0.6 is 0 Å². The van der Waals surface area contributed by atoms with E-state index in [1.807, 2.05) is 0 Å². The van der Waals surface area contributed by atoms with Gasteiger partial charge in [0.05, 0.1) is 9.79 Å². The summed E-state index contributed by atoms with van der Waals surface area (Å²) in [4.78, 5) is 11.1. The summed E-state index contributed by atoms with van der Waals surface area (Å²) in [6.45, 7) is 1.62. The van der Waals surface area contributed by atoms with Crippen LogP contribution < -0.4 is 4.72 Å². The van der Waals surface area contributed by atoms with E-state index in [0.717, 1.165) is 4.31 Å². The number of carboxylic acids is 1. The van der Waals surface area contributed by atoms with Crippen molar-refractivity contribution in [1.82, 2.24) is 9.03 Å². The number of nitrogens with one attached hydrogen (secondary N) is 1. The highest BCUT2D eigenvalue weighted by molar-refractivity contribution is 7.89. The lowest BCUT2D eigenvalue weighted by Gasteiger charge is -2.21. The molecule has 1 aliphatic heterocycles. The Balaban J connectivity index is 2.46. The minimum absolute atomic E-state index is 0.0184. The fourth-order valence-corrected chi connectivity index (χ4v) is 5.29. The Hall–Kier alpha value is -1.49. The summed E-state index contributed by atoms with van der Waals surface area (Å²) in [5, 5.41) is 9.14. The second-order valence-electron chi connectivity index (χ2n) is 5.25. The van der Waals surface area contributed by atoms with Crippen molar-refractivity contribution in [2.24, 2.45) is 0 Å². The van der Waals surface area contributed by atoms with Crippen LogP contribution in [0.5, 0.6) is 0 Å². The number of sulfonamides is 2. The molecule has 0 radical (unpaired) electrons. The molecule has 1 heterocycles. The van der Waals surface area contributed by atoms with E-state index >= 15 is 0 Å². The van der Waals surface area contributed by atoms with Gasteiger partial charge in [-0.1, -0.05) is 0 Å². The summed E-state index contributed by atoms with van der Waals surface area (Å²) in [7, 11) is -6.41. The third-order valence-electron chi connectivity index (χ3n) is 3.80. The van der Waals surface area contributed by atoms with Gasteiger partial charge < -0.3 is 5.11 Å². The number of hydrogen-bond donors (Lipinski definition) is 2. The number of rotatable bonds is 5. The Labute approximate surface area is 135 Å². The summed E-state index contributed by atoms with van der Waals surface area (Å²) < 4.78 is 52.0. The maximum absolute atomic E-state index is 12.6. The van der Waals surface area contributed by atoms with Gasteiger partial charge in [0, 0.05) is 6.54 Å². The zero-order chi connectivity index (χ0) is 17.4. The molecular weight excluding hydrogens is 344 g/mol. The standard InChI is InChI=1S/C13H18N2O6S2/c1-9-8-10(5-6-12(9)22(18,19)14-2)23(20,21)15-7-3-4-11(15)13(16)17/h5-6,8,11,14H,3-4,7H2,1-2H3,(H,16,17)/t11-/m1/s1. The van der Waals surface area contributed by atoms with E-state index in [1.165, 1.54) is 32.2 Å². The summed E-state index contributed by atoms with van der Waals surface area (Å²) in [5.41, 5.74) is 0.270. The zero-order valence-corrected chi connectivity index (χ0v) is 14.3. The summed E-state index contributed by atoms with van der Waals surface area (Å²) in [6.07, 6.45) is 0.737. The van der Waals surface area contributed by atoms with E-state index in [0.29, 0.717) is 6.42 Å². The number of benzene rings is 1. The molecule has 0 aliphatic carbocycles. The van der Waals surface area contributed by atoms with Crippen LogP contribution in [0.3, 0.4) is 0 Å². The molecule has 0 saturated carbocycles. The van der Waals surface area contributed by atoms with Gasteiger partial charge in [0.1, 0.15) is 6.04 Å². The molecule has 1 saturated heterocycles. The molecule has 1 fully saturated rings. The molecule has 128 valence electrons. The molecule has 1 aromatic carbocycles. The van der Waals surface area contributed by atoms with Crippen molar-refractivity contribution in [3.05, 3.63) is 23.8 Å². The fraction of sp³-hybridized carbons (Fsp3) is 0.462. The predicted octanol–water partition coefficient (Wildman–Crippen LogP) is 0.141. The molecule has 0 aromatic heterocycles. The molecule has 1 aromatic rings. The van der Waals surface area contributed by atoms with Gasteiger partial charge in [-0.25, -0.2) is 21.6 Å². The van der Waals surface area contributed by atoms with Crippen LogP contribution in [0.4, 0.5) is 0 Å². The van der Waals surface area contributed by atoms with E-state index in [1.54, 1.807) is 0 Å². The minimum atomic E-state index is -3.99. The molecule has 1 aliphatic rings. The van der Waals surface area contributed by atoms with Crippen LogP contribution in [-0.2, 0) is 24.8 Å². The third-order valence-corrected chi connectivity index (χ3v) is 7.28. The number of aliphatic carboxylic acids is 1. The van der Waals surface area contributed by atoms with Gasteiger partial charge in [-0.15, -0.1) is 0 Å². The molecule has 0 spiro atoms. The van der Waals surface area contributed by atoms with E-state index in [-0.39, 0.29) is 28.3 Å². The molecule has 2 rings (SSSR count). The Bertz CT molecular complexity index is 832. The Kier molecular flexibility index (Phi) is 4.81. The van der Waals surface area contributed by atoms with Crippen molar-refractivity contribution in [3.8, 4) is 0 Å². The number of carboxylic acid groups (broad SMARTS) is 1. The normalized spacial score (nSPS) is 19.8. The molecule has 10 heteroatoms. The predicted molar refractivity (Wildman–Crippen MR) is 82.0 cm³/mol. The zero-order valence-electron chi connectivity index (χ0n) is 12.7. The Morgan fingerprint density at radius 3 is 2.48 bits per heavy atom. The average molecular weight is 362 g/mol. The van der Waals surface area contributed by atoms with Crippen LogP contribution in [0.1, 0.15) is 18.4 Å². The van der Waals surface area contributed by atoms with Crippen molar-refractivity contribution in [3.63, 3.8) is 0 Å². The summed E-state index contributed by atoms with van der Waals surface area (Å²) >= 11 is 0. The molecule has 0 amide bonds. The van der Waals surface area contributed by atoms with Gasteiger partial charge in [0.15, 0.2) is 0 Å². The highest BCUT2D eigenvalue weighted by atomic mass is 32.2. The highest BCUT2D eigenvalue weighted by Crippen LogP contribution is 2.28. The van der Waals surface area contributed by atoms with E-state index in [4.69, 9.17) is 5.11 Å². The molecule has 0 bridgehead atoms. The van der Waals surface area contributed by atoms with Crippen molar-refractivity contribution in [2.75, 3.05) is 13.6 Å². The monoisotopic (exact) mass is 362 g/mol. The first-order valence-electron chi connectivity index (χ1n) is 6.90. The molecule has 2 N–H and O–H groups in total. The first kappa shape index (κ1) is 17.9. The topological polar surface area (TPSA) is 121 Å². The van der Waals surface area contributed by atoms with Crippen molar-refractivity contribution in [1.29, 1.82) is 0 Å². The molecule has 1 atom stereocenters. The lowest BCUT2D eigenvalue weighted by Crippen LogP contribution is -2.40. The largest absolute Gasteiger partial charge is 0.480 e. The number of hydrogen-bond acceptors (Lipinski definition) is 5. The van der Waals surface area contributed by atoms with Crippen molar-refractivity contribution in [2.45, 2.75) is 35.6 Å². The van der Waals surface area contributed by atoms with Gasteiger partial charge in [-0.2, -0.15) is 4.31 Å². The Morgan fingerprint density at radius 2 is 1.96 bits per heavy atom. The number of aryl methyl sites for hydroxylation is 1. The second-order valence-corrected chi connectivity index (χ2v) is 8.99. The molecular formula is C13H18N2O6S2. The van der Waals surface area contributed by atoms with E-state index in [2.05, 4.69) is 4.72 Å². The van der Waals surface area contributed by atoms with E-state index in [9.17, 15) is 21.6 Å². The lowest BCUT2D eigenvalue weighted by atomic mass is 10.2. The van der Waals surface area contributed by atoms with Crippen LogP contribution in [0.15, 0.2) is 28.0 Å². The van der Waals surface area contributed by atoms with Crippen LogP contribution in [0, 0.1) is 6.92 Å². The SMILES string of the molecule is CNS(=O)(=O)c1ccc(S(=O)(=O)N2CCC[C@@H]2C(=O)O)cc1C. The van der Waals surface area contributed by atoms with Crippen LogP contribution in [-0.4, -0.2) is 51.9 Å². The molecule has 8 nitrogen and oxygen atoms in total. The van der Waals surface area contributed by atoms with Gasteiger partial charge in [-0.05, 0) is 50.6 Å². The van der Waals surface area contributed by atoms with Gasteiger partial charge >= 0.3 is 5.97 Å². The third kappa shape index (κ3) is 3.25. The first-order valence-corrected chi connectivity index (χ1v) is 9.82. The quantitative estimate of drug-likeness (QED) is 0.769. The van der Waals surface area contributed by atoms with Gasteiger partial charge in [0.25, 0.3) is 0 Å².